The molecule has 2 saturated heterocycles. The van der Waals surface area contributed by atoms with E-state index in [-0.39, 0.29) is 36.3 Å². The first-order valence-corrected chi connectivity index (χ1v) is 8.97. The molecule has 3 rings (SSSR count). The van der Waals surface area contributed by atoms with E-state index in [1.54, 1.807) is 0 Å². The van der Waals surface area contributed by atoms with E-state index < -0.39 is 10.0 Å². The SMILES string of the molecule is CS(=O)(=O)N1C[C@H](NC(=O)c2cnccn2)[C@H]2OCCC[C@H]21. The second kappa shape index (κ2) is 5.90. The van der Waals surface area contributed by atoms with Crippen molar-refractivity contribution in [3.63, 3.8) is 0 Å². The topological polar surface area (TPSA) is 101 Å². The van der Waals surface area contributed by atoms with Gasteiger partial charge in [0.15, 0.2) is 0 Å². The molecule has 8 nitrogen and oxygen atoms in total. The fourth-order valence-corrected chi connectivity index (χ4v) is 4.23. The van der Waals surface area contributed by atoms with Crippen LogP contribution in [0.25, 0.3) is 0 Å². The molecule has 0 radical (unpaired) electrons. The number of rotatable bonds is 3. The van der Waals surface area contributed by atoms with E-state index in [1.165, 1.54) is 29.2 Å². The van der Waals surface area contributed by atoms with E-state index in [0.717, 1.165) is 12.8 Å². The lowest BCUT2D eigenvalue weighted by Gasteiger charge is -2.31. The van der Waals surface area contributed by atoms with E-state index >= 15 is 0 Å². The number of carbonyl (C=O) groups is 1. The summed E-state index contributed by atoms with van der Waals surface area (Å²) in [5.74, 6) is -0.374. The highest BCUT2D eigenvalue weighted by atomic mass is 32.2. The lowest BCUT2D eigenvalue weighted by atomic mass is 10.0. The van der Waals surface area contributed by atoms with E-state index in [1.807, 2.05) is 0 Å². The zero-order chi connectivity index (χ0) is 15.7. The molecule has 120 valence electrons. The van der Waals surface area contributed by atoms with E-state index in [4.69, 9.17) is 4.74 Å². The predicted molar refractivity (Wildman–Crippen MR) is 77.6 cm³/mol. The zero-order valence-electron chi connectivity index (χ0n) is 12.2. The monoisotopic (exact) mass is 326 g/mol. The Hall–Kier alpha value is -1.58. The van der Waals surface area contributed by atoms with Crippen LogP contribution in [0, 0.1) is 0 Å². The Bertz CT molecular complexity index is 651. The van der Waals surface area contributed by atoms with Crippen molar-refractivity contribution in [2.24, 2.45) is 0 Å². The highest BCUT2D eigenvalue weighted by Crippen LogP contribution is 2.30. The second-order valence-electron chi connectivity index (χ2n) is 5.55. The smallest absolute Gasteiger partial charge is 0.271 e. The largest absolute Gasteiger partial charge is 0.374 e. The number of hydrogen-bond donors (Lipinski definition) is 1. The molecule has 2 aliphatic heterocycles. The van der Waals surface area contributed by atoms with Crippen LogP contribution in [0.5, 0.6) is 0 Å². The van der Waals surface area contributed by atoms with Gasteiger partial charge >= 0.3 is 0 Å². The third kappa shape index (κ3) is 2.96. The van der Waals surface area contributed by atoms with E-state index in [0.29, 0.717) is 6.61 Å². The Balaban J connectivity index is 1.77. The van der Waals surface area contributed by atoms with Crippen molar-refractivity contribution in [2.45, 2.75) is 31.0 Å². The molecule has 22 heavy (non-hydrogen) atoms. The van der Waals surface area contributed by atoms with Crippen molar-refractivity contribution in [2.75, 3.05) is 19.4 Å². The number of amides is 1. The summed E-state index contributed by atoms with van der Waals surface area (Å²) in [6.45, 7) is 0.802. The van der Waals surface area contributed by atoms with Crippen molar-refractivity contribution in [3.05, 3.63) is 24.3 Å². The van der Waals surface area contributed by atoms with Gasteiger partial charge in [0.2, 0.25) is 10.0 Å². The first-order valence-electron chi connectivity index (χ1n) is 7.12. The number of fused-ring (bicyclic) bond motifs is 1. The van der Waals surface area contributed by atoms with Crippen molar-refractivity contribution in [1.82, 2.24) is 19.6 Å². The van der Waals surface area contributed by atoms with E-state index in [9.17, 15) is 13.2 Å². The molecule has 1 aromatic heterocycles. The Kier molecular flexibility index (Phi) is 4.11. The van der Waals surface area contributed by atoms with Crippen LogP contribution in [0.1, 0.15) is 23.3 Å². The minimum absolute atomic E-state index is 0.202. The summed E-state index contributed by atoms with van der Waals surface area (Å²) < 4.78 is 31.0. The normalized spacial score (nSPS) is 29.0. The molecule has 3 atom stereocenters. The summed E-state index contributed by atoms with van der Waals surface area (Å²) in [6.07, 6.45) is 6.73. The summed E-state index contributed by atoms with van der Waals surface area (Å²) in [5, 5.41) is 2.82. The number of hydrogen-bond acceptors (Lipinski definition) is 6. The van der Waals surface area contributed by atoms with Crippen LogP contribution < -0.4 is 5.32 Å². The van der Waals surface area contributed by atoms with Crippen molar-refractivity contribution in [3.8, 4) is 0 Å². The number of nitrogens with one attached hydrogen (secondary N) is 1. The van der Waals surface area contributed by atoms with Gasteiger partial charge in [-0.05, 0) is 12.8 Å². The van der Waals surface area contributed by atoms with Gasteiger partial charge in [0.05, 0.1) is 30.6 Å². The summed E-state index contributed by atoms with van der Waals surface area (Å²) >= 11 is 0. The molecule has 0 aromatic carbocycles. The van der Waals surface area contributed by atoms with Crippen LogP contribution in [0.3, 0.4) is 0 Å². The van der Waals surface area contributed by atoms with Gasteiger partial charge in [-0.15, -0.1) is 0 Å². The number of nitrogens with zero attached hydrogens (tertiary/aromatic N) is 3. The van der Waals surface area contributed by atoms with Crippen molar-refractivity contribution < 1.29 is 17.9 Å². The average Bonchev–Trinajstić information content (AvgIpc) is 2.87. The Morgan fingerprint density at radius 1 is 1.45 bits per heavy atom. The molecule has 0 bridgehead atoms. The van der Waals surface area contributed by atoms with Crippen molar-refractivity contribution >= 4 is 15.9 Å². The number of aromatic nitrogens is 2. The Labute approximate surface area is 128 Å². The molecule has 0 spiro atoms. The van der Waals surface area contributed by atoms with Gasteiger partial charge in [-0.1, -0.05) is 0 Å². The number of sulfonamides is 1. The highest BCUT2D eigenvalue weighted by molar-refractivity contribution is 7.88. The van der Waals surface area contributed by atoms with Gasteiger partial charge in [-0.2, -0.15) is 4.31 Å². The molecule has 9 heteroatoms. The summed E-state index contributed by atoms with van der Waals surface area (Å²) in [6, 6.07) is -0.592. The molecule has 0 aliphatic carbocycles. The molecular formula is C13H18N4O4S. The second-order valence-corrected chi connectivity index (χ2v) is 7.48. The molecule has 0 unspecified atom stereocenters. The van der Waals surface area contributed by atoms with Crippen LogP contribution in [0.4, 0.5) is 0 Å². The molecule has 0 saturated carbocycles. The van der Waals surface area contributed by atoms with Crippen LogP contribution in [-0.2, 0) is 14.8 Å². The van der Waals surface area contributed by atoms with Gasteiger partial charge in [0.25, 0.3) is 5.91 Å². The predicted octanol–water partition coefficient (Wildman–Crippen LogP) is -0.602. The molecule has 1 aromatic rings. The first-order chi connectivity index (χ1) is 10.5. The third-order valence-electron chi connectivity index (χ3n) is 4.02. The van der Waals surface area contributed by atoms with Crippen LogP contribution in [0.2, 0.25) is 0 Å². The molecule has 1 N–H and O–H groups in total. The molecule has 1 amide bonds. The van der Waals surface area contributed by atoms with Gasteiger partial charge in [0.1, 0.15) is 5.69 Å². The van der Waals surface area contributed by atoms with Gasteiger partial charge in [-0.3, -0.25) is 9.78 Å². The van der Waals surface area contributed by atoms with Crippen LogP contribution in [-0.4, -0.2) is 66.2 Å². The quantitative estimate of drug-likeness (QED) is 0.796. The van der Waals surface area contributed by atoms with Crippen molar-refractivity contribution in [1.29, 1.82) is 0 Å². The molecule has 2 fully saturated rings. The maximum absolute atomic E-state index is 12.2. The number of carbonyl (C=O) groups excluding carboxylic acids is 1. The minimum atomic E-state index is -3.33. The zero-order valence-corrected chi connectivity index (χ0v) is 13.0. The fraction of sp³-hybridized carbons (Fsp3) is 0.615. The maximum atomic E-state index is 12.2. The van der Waals surface area contributed by atoms with Crippen LogP contribution in [0.15, 0.2) is 18.6 Å². The lowest BCUT2D eigenvalue weighted by molar-refractivity contribution is -0.0103. The highest BCUT2D eigenvalue weighted by Gasteiger charge is 2.48. The van der Waals surface area contributed by atoms with E-state index in [2.05, 4.69) is 15.3 Å². The Morgan fingerprint density at radius 3 is 2.95 bits per heavy atom. The van der Waals surface area contributed by atoms with Gasteiger partial charge in [0, 0.05) is 25.5 Å². The summed E-state index contributed by atoms with van der Waals surface area (Å²) in [4.78, 5) is 20.0. The van der Waals surface area contributed by atoms with Gasteiger partial charge < -0.3 is 10.1 Å². The summed E-state index contributed by atoms with van der Waals surface area (Å²) in [7, 11) is -3.33. The Morgan fingerprint density at radius 2 is 2.27 bits per heavy atom. The summed E-state index contributed by atoms with van der Waals surface area (Å²) in [5.41, 5.74) is 0.202. The standard InChI is InChI=1S/C13H18N4O4S/c1-22(19,20)17-8-10(12-11(17)3-2-6-21-12)16-13(18)9-7-14-4-5-15-9/h4-5,7,10-12H,2-3,6,8H2,1H3,(H,16,18)/t10-,11+,12+/m0/s1. The molecular weight excluding hydrogens is 308 g/mol. The van der Waals surface area contributed by atoms with Gasteiger partial charge in [-0.25, -0.2) is 13.4 Å². The third-order valence-corrected chi connectivity index (χ3v) is 5.29. The first kappa shape index (κ1) is 15.3. The minimum Gasteiger partial charge on any atom is -0.374 e. The fourth-order valence-electron chi connectivity index (χ4n) is 3.08. The number of ether oxygens (including phenoxy) is 1. The molecule has 2 aliphatic rings. The maximum Gasteiger partial charge on any atom is 0.271 e. The lowest BCUT2D eigenvalue weighted by Crippen LogP contribution is -2.47. The van der Waals surface area contributed by atoms with Crippen LogP contribution >= 0.6 is 0 Å². The molecule has 3 heterocycles. The average molecular weight is 326 g/mol.